The van der Waals surface area contributed by atoms with Crippen LogP contribution in [-0.4, -0.2) is 10.2 Å². The standard InChI is InChI=1S/C17H15F2N3OS/c18-13-5-1-3-11(7-13)8-15(12-4-2-6-14(19)9-12)20-10-16-21-22-17(23)24-16/h1-7,9,15,20H,8,10H2,(H,22,23)/t15-/m1/s1. The molecule has 124 valence electrons. The van der Waals surface area contributed by atoms with Crippen molar-refractivity contribution < 1.29 is 8.78 Å². The van der Waals surface area contributed by atoms with Crippen molar-refractivity contribution >= 4 is 11.3 Å². The molecule has 3 aromatic rings. The average Bonchev–Trinajstić information content (AvgIpc) is 2.97. The van der Waals surface area contributed by atoms with Gasteiger partial charge in [-0.2, -0.15) is 5.10 Å². The van der Waals surface area contributed by atoms with E-state index in [0.29, 0.717) is 18.0 Å². The van der Waals surface area contributed by atoms with E-state index in [1.807, 2.05) is 12.1 Å². The molecule has 0 bridgehead atoms. The number of halogens is 2. The minimum Gasteiger partial charge on any atom is -0.303 e. The quantitative estimate of drug-likeness (QED) is 0.720. The van der Waals surface area contributed by atoms with Gasteiger partial charge >= 0.3 is 4.87 Å². The highest BCUT2D eigenvalue weighted by Gasteiger charge is 2.14. The van der Waals surface area contributed by atoms with Crippen LogP contribution in [0.1, 0.15) is 22.2 Å². The molecule has 0 radical (unpaired) electrons. The van der Waals surface area contributed by atoms with Gasteiger partial charge in [0.15, 0.2) is 0 Å². The Morgan fingerprint density at radius 3 is 2.54 bits per heavy atom. The summed E-state index contributed by atoms with van der Waals surface area (Å²) >= 11 is 1.02. The van der Waals surface area contributed by atoms with Crippen LogP contribution in [0.4, 0.5) is 8.78 Å². The van der Waals surface area contributed by atoms with E-state index in [1.165, 1.54) is 24.3 Å². The number of rotatable bonds is 6. The molecule has 1 aromatic heterocycles. The molecular weight excluding hydrogens is 332 g/mol. The van der Waals surface area contributed by atoms with Gasteiger partial charge in [-0.25, -0.2) is 13.9 Å². The van der Waals surface area contributed by atoms with Crippen LogP contribution in [0.15, 0.2) is 53.3 Å². The molecule has 2 N–H and O–H groups in total. The summed E-state index contributed by atoms with van der Waals surface area (Å²) in [7, 11) is 0. The molecule has 1 atom stereocenters. The zero-order valence-corrected chi connectivity index (χ0v) is 13.4. The monoisotopic (exact) mass is 347 g/mol. The molecule has 0 aliphatic heterocycles. The molecular formula is C17H15F2N3OS. The molecule has 2 aromatic carbocycles. The van der Waals surface area contributed by atoms with Crippen molar-refractivity contribution in [3.8, 4) is 0 Å². The summed E-state index contributed by atoms with van der Waals surface area (Å²) in [6.07, 6.45) is 0.487. The molecule has 7 heteroatoms. The number of nitrogens with zero attached hydrogens (tertiary/aromatic N) is 1. The summed E-state index contributed by atoms with van der Waals surface area (Å²) in [4.78, 5) is 10.9. The first-order valence-corrected chi connectivity index (χ1v) is 8.19. The van der Waals surface area contributed by atoms with Crippen LogP contribution < -0.4 is 10.2 Å². The minimum absolute atomic E-state index is 0.223. The van der Waals surface area contributed by atoms with Crippen LogP contribution in [-0.2, 0) is 13.0 Å². The van der Waals surface area contributed by atoms with E-state index in [9.17, 15) is 13.6 Å². The second-order valence-electron chi connectivity index (χ2n) is 5.33. The highest BCUT2D eigenvalue weighted by molar-refractivity contribution is 7.08. The van der Waals surface area contributed by atoms with Crippen molar-refractivity contribution in [3.05, 3.63) is 86.0 Å². The van der Waals surface area contributed by atoms with E-state index in [1.54, 1.807) is 12.1 Å². The van der Waals surface area contributed by atoms with Crippen molar-refractivity contribution in [2.75, 3.05) is 0 Å². The lowest BCUT2D eigenvalue weighted by Crippen LogP contribution is -2.23. The predicted octanol–water partition coefficient (Wildman–Crippen LogP) is 3.18. The SMILES string of the molecule is O=c1[nH]nc(CN[C@H](Cc2cccc(F)c2)c2cccc(F)c2)s1. The molecule has 0 aliphatic carbocycles. The lowest BCUT2D eigenvalue weighted by Gasteiger charge is -2.19. The highest BCUT2D eigenvalue weighted by Crippen LogP contribution is 2.20. The second-order valence-corrected chi connectivity index (χ2v) is 6.38. The number of H-pyrrole nitrogens is 1. The molecule has 0 saturated heterocycles. The Bertz CT molecular complexity index is 878. The zero-order chi connectivity index (χ0) is 16.9. The molecule has 0 saturated carbocycles. The van der Waals surface area contributed by atoms with Crippen molar-refractivity contribution in [2.45, 2.75) is 19.0 Å². The van der Waals surface area contributed by atoms with Crippen molar-refractivity contribution in [1.82, 2.24) is 15.5 Å². The largest absolute Gasteiger partial charge is 0.322 e. The molecule has 0 spiro atoms. The molecule has 1 heterocycles. The first-order chi connectivity index (χ1) is 11.6. The number of nitrogens with one attached hydrogen (secondary N) is 2. The Morgan fingerprint density at radius 2 is 1.88 bits per heavy atom. The van der Waals surface area contributed by atoms with Crippen LogP contribution in [0, 0.1) is 11.6 Å². The van der Waals surface area contributed by atoms with Crippen LogP contribution in [0.3, 0.4) is 0 Å². The van der Waals surface area contributed by atoms with E-state index in [-0.39, 0.29) is 22.5 Å². The summed E-state index contributed by atoms with van der Waals surface area (Å²) in [5.74, 6) is -0.640. The first-order valence-electron chi connectivity index (χ1n) is 7.38. The van der Waals surface area contributed by atoms with E-state index >= 15 is 0 Å². The van der Waals surface area contributed by atoms with Gasteiger partial charge in [-0.3, -0.25) is 4.79 Å². The van der Waals surface area contributed by atoms with Gasteiger partial charge in [0.1, 0.15) is 16.6 Å². The van der Waals surface area contributed by atoms with E-state index in [2.05, 4.69) is 15.5 Å². The van der Waals surface area contributed by atoms with Gasteiger partial charge in [-0.15, -0.1) is 0 Å². The Balaban J connectivity index is 1.81. The molecule has 0 aliphatic rings. The van der Waals surface area contributed by atoms with Gasteiger partial charge in [0.05, 0.1) is 6.54 Å². The van der Waals surface area contributed by atoms with E-state index in [0.717, 1.165) is 22.5 Å². The summed E-state index contributed by atoms with van der Waals surface area (Å²) in [5, 5.41) is 10.1. The van der Waals surface area contributed by atoms with Crippen LogP contribution in [0.2, 0.25) is 0 Å². The molecule has 0 unspecified atom stereocenters. The average molecular weight is 347 g/mol. The molecule has 0 fully saturated rings. The fraction of sp³-hybridized carbons (Fsp3) is 0.176. The Kier molecular flexibility index (Phi) is 5.12. The highest BCUT2D eigenvalue weighted by atomic mass is 32.1. The van der Waals surface area contributed by atoms with Crippen molar-refractivity contribution in [1.29, 1.82) is 0 Å². The van der Waals surface area contributed by atoms with Crippen LogP contribution in [0.5, 0.6) is 0 Å². The normalized spacial score (nSPS) is 12.2. The number of benzene rings is 2. The minimum atomic E-state index is -0.331. The third-order valence-corrected chi connectivity index (χ3v) is 4.31. The molecule has 3 rings (SSSR count). The van der Waals surface area contributed by atoms with Gasteiger partial charge < -0.3 is 5.32 Å². The lowest BCUT2D eigenvalue weighted by atomic mass is 9.98. The molecule has 4 nitrogen and oxygen atoms in total. The Labute approximate surface area is 141 Å². The maximum absolute atomic E-state index is 13.6. The zero-order valence-electron chi connectivity index (χ0n) is 12.6. The summed E-state index contributed by atoms with van der Waals surface area (Å²) in [5.41, 5.74) is 1.55. The topological polar surface area (TPSA) is 57.8 Å². The maximum atomic E-state index is 13.6. The fourth-order valence-corrected chi connectivity index (χ4v) is 3.03. The van der Waals surface area contributed by atoms with Crippen LogP contribution >= 0.6 is 11.3 Å². The van der Waals surface area contributed by atoms with Gasteiger partial charge in [0.25, 0.3) is 0 Å². The summed E-state index contributed by atoms with van der Waals surface area (Å²) in [6, 6.07) is 12.4. The number of aromatic amines is 1. The van der Waals surface area contributed by atoms with Gasteiger partial charge in [0.2, 0.25) is 0 Å². The van der Waals surface area contributed by atoms with E-state index < -0.39 is 0 Å². The summed E-state index contributed by atoms with van der Waals surface area (Å²) in [6.45, 7) is 0.361. The van der Waals surface area contributed by atoms with Gasteiger partial charge in [-0.05, 0) is 41.8 Å². The smallest absolute Gasteiger partial charge is 0.303 e. The first kappa shape index (κ1) is 16.5. The number of hydrogen-bond acceptors (Lipinski definition) is 4. The van der Waals surface area contributed by atoms with E-state index in [4.69, 9.17) is 0 Å². The number of hydrogen-bond donors (Lipinski definition) is 2. The molecule has 24 heavy (non-hydrogen) atoms. The van der Waals surface area contributed by atoms with Gasteiger partial charge in [0, 0.05) is 6.04 Å². The fourth-order valence-electron chi connectivity index (χ4n) is 2.48. The third kappa shape index (κ3) is 4.33. The van der Waals surface area contributed by atoms with Gasteiger partial charge in [-0.1, -0.05) is 35.6 Å². The lowest BCUT2D eigenvalue weighted by molar-refractivity contribution is 0.520. The summed E-state index contributed by atoms with van der Waals surface area (Å²) < 4.78 is 27.0. The van der Waals surface area contributed by atoms with Crippen LogP contribution in [0.25, 0.3) is 0 Å². The Hall–Kier alpha value is -2.38. The second kappa shape index (κ2) is 7.46. The molecule has 0 amide bonds. The van der Waals surface area contributed by atoms with Crippen molar-refractivity contribution in [2.24, 2.45) is 0 Å². The van der Waals surface area contributed by atoms with Crippen molar-refractivity contribution in [3.63, 3.8) is 0 Å². The third-order valence-electron chi connectivity index (χ3n) is 3.56. The number of aromatic nitrogens is 2. The predicted molar refractivity (Wildman–Crippen MR) is 88.8 cm³/mol. The maximum Gasteiger partial charge on any atom is 0.322 e. The Morgan fingerprint density at radius 1 is 1.12 bits per heavy atom.